The zero-order valence-electron chi connectivity index (χ0n) is 14.2. The molecule has 2 aromatic heterocycles. The Morgan fingerprint density at radius 2 is 1.89 bits per heavy atom. The van der Waals surface area contributed by atoms with Crippen LogP contribution in [0.1, 0.15) is 10.4 Å². The zero-order valence-corrected chi connectivity index (χ0v) is 14.2. The number of aromatic nitrogens is 2. The molecule has 1 amide bonds. The molecular formula is C21H15N3O3. The van der Waals surface area contributed by atoms with Crippen molar-refractivity contribution in [1.82, 2.24) is 9.97 Å². The van der Waals surface area contributed by atoms with Crippen LogP contribution in [0.5, 0.6) is 11.6 Å². The Labute approximate surface area is 155 Å². The molecule has 132 valence electrons. The lowest BCUT2D eigenvalue weighted by molar-refractivity contribution is 0.102. The van der Waals surface area contributed by atoms with Crippen molar-refractivity contribution < 1.29 is 13.9 Å². The van der Waals surface area contributed by atoms with Gasteiger partial charge in [0.1, 0.15) is 11.3 Å². The van der Waals surface area contributed by atoms with Crippen LogP contribution in [0.15, 0.2) is 89.9 Å². The summed E-state index contributed by atoms with van der Waals surface area (Å²) in [6, 6.07) is 19.9. The number of benzene rings is 2. The molecular weight excluding hydrogens is 342 g/mol. The predicted octanol–water partition coefficient (Wildman–Crippen LogP) is 4.78. The highest BCUT2D eigenvalue weighted by Crippen LogP contribution is 2.25. The van der Waals surface area contributed by atoms with Crippen molar-refractivity contribution in [2.24, 2.45) is 0 Å². The number of nitrogens with one attached hydrogen (secondary N) is 1. The van der Waals surface area contributed by atoms with E-state index in [-0.39, 0.29) is 11.8 Å². The van der Waals surface area contributed by atoms with Gasteiger partial charge in [0.2, 0.25) is 5.88 Å². The minimum Gasteiger partial charge on any atom is -0.444 e. The standard InChI is InChI=1S/C21H15N3O3/c25-20(24-16-7-4-6-15(12-16)19-13-22-14-26-19)18-10-5-11-23-21(18)27-17-8-2-1-3-9-17/h1-14H,(H,24,25). The summed E-state index contributed by atoms with van der Waals surface area (Å²) in [4.78, 5) is 20.9. The van der Waals surface area contributed by atoms with E-state index in [0.29, 0.717) is 22.8 Å². The minimum atomic E-state index is -0.316. The molecule has 0 atom stereocenters. The van der Waals surface area contributed by atoms with Crippen molar-refractivity contribution in [2.75, 3.05) is 5.32 Å². The third-order valence-electron chi connectivity index (χ3n) is 3.81. The number of carbonyl (C=O) groups is 1. The van der Waals surface area contributed by atoms with Gasteiger partial charge in [0.05, 0.1) is 6.20 Å². The Kier molecular flexibility index (Phi) is 4.61. The average molecular weight is 357 g/mol. The molecule has 0 radical (unpaired) electrons. The van der Waals surface area contributed by atoms with E-state index in [4.69, 9.17) is 9.15 Å². The van der Waals surface area contributed by atoms with Crippen molar-refractivity contribution in [3.05, 3.63) is 91.1 Å². The number of pyridine rings is 1. The van der Waals surface area contributed by atoms with Crippen LogP contribution >= 0.6 is 0 Å². The predicted molar refractivity (Wildman–Crippen MR) is 101 cm³/mol. The number of ether oxygens (including phenoxy) is 1. The largest absolute Gasteiger partial charge is 0.444 e. The van der Waals surface area contributed by atoms with Gasteiger partial charge in [-0.3, -0.25) is 4.79 Å². The summed E-state index contributed by atoms with van der Waals surface area (Å²) in [7, 11) is 0. The van der Waals surface area contributed by atoms with Gasteiger partial charge >= 0.3 is 0 Å². The highest BCUT2D eigenvalue weighted by atomic mass is 16.5. The molecule has 0 spiro atoms. The average Bonchev–Trinajstić information content (AvgIpc) is 3.24. The van der Waals surface area contributed by atoms with Gasteiger partial charge in [-0.2, -0.15) is 0 Å². The number of carbonyl (C=O) groups excluding carboxylic acids is 1. The van der Waals surface area contributed by atoms with Crippen molar-refractivity contribution in [3.8, 4) is 23.0 Å². The van der Waals surface area contributed by atoms with Crippen LogP contribution in [-0.4, -0.2) is 15.9 Å². The molecule has 4 rings (SSSR count). The quantitative estimate of drug-likeness (QED) is 0.556. The van der Waals surface area contributed by atoms with Gasteiger partial charge in [0.25, 0.3) is 5.91 Å². The van der Waals surface area contributed by atoms with Gasteiger partial charge in [-0.15, -0.1) is 0 Å². The van der Waals surface area contributed by atoms with E-state index < -0.39 is 0 Å². The molecule has 0 aliphatic rings. The van der Waals surface area contributed by atoms with Gasteiger partial charge in [-0.1, -0.05) is 30.3 Å². The Hall–Kier alpha value is -3.93. The second kappa shape index (κ2) is 7.53. The third kappa shape index (κ3) is 3.85. The molecule has 0 aliphatic heterocycles. The molecule has 0 saturated carbocycles. The van der Waals surface area contributed by atoms with E-state index in [1.165, 1.54) is 6.39 Å². The molecule has 0 unspecified atom stereocenters. The zero-order chi connectivity index (χ0) is 18.5. The first kappa shape index (κ1) is 16.5. The van der Waals surface area contributed by atoms with Gasteiger partial charge in [-0.05, 0) is 36.4 Å². The van der Waals surface area contributed by atoms with E-state index in [2.05, 4.69) is 15.3 Å². The number of anilines is 1. The smallest absolute Gasteiger partial charge is 0.261 e. The lowest BCUT2D eigenvalue weighted by Gasteiger charge is -2.10. The first-order valence-corrected chi connectivity index (χ1v) is 8.28. The molecule has 2 aromatic carbocycles. The summed E-state index contributed by atoms with van der Waals surface area (Å²) in [5, 5.41) is 2.87. The van der Waals surface area contributed by atoms with E-state index in [1.54, 1.807) is 42.7 Å². The molecule has 27 heavy (non-hydrogen) atoms. The van der Waals surface area contributed by atoms with Crippen LogP contribution < -0.4 is 10.1 Å². The Morgan fingerprint density at radius 1 is 1.00 bits per heavy atom. The summed E-state index contributed by atoms with van der Waals surface area (Å²) >= 11 is 0. The molecule has 0 bridgehead atoms. The summed E-state index contributed by atoms with van der Waals surface area (Å²) in [6.45, 7) is 0. The second-order valence-electron chi connectivity index (χ2n) is 5.67. The monoisotopic (exact) mass is 357 g/mol. The fraction of sp³-hybridized carbons (Fsp3) is 0. The van der Waals surface area contributed by atoms with Gasteiger partial charge in [0, 0.05) is 17.4 Å². The molecule has 6 heteroatoms. The summed E-state index contributed by atoms with van der Waals surface area (Å²) < 4.78 is 11.1. The van der Waals surface area contributed by atoms with Gasteiger partial charge < -0.3 is 14.5 Å². The lowest BCUT2D eigenvalue weighted by atomic mass is 10.1. The second-order valence-corrected chi connectivity index (χ2v) is 5.67. The highest BCUT2D eigenvalue weighted by molar-refractivity contribution is 6.06. The maximum atomic E-state index is 12.8. The van der Waals surface area contributed by atoms with Crippen LogP contribution in [0.4, 0.5) is 5.69 Å². The van der Waals surface area contributed by atoms with Crippen LogP contribution in [0.25, 0.3) is 11.3 Å². The molecule has 0 aliphatic carbocycles. The van der Waals surface area contributed by atoms with E-state index >= 15 is 0 Å². The number of oxazole rings is 1. The number of hydrogen-bond acceptors (Lipinski definition) is 5. The fourth-order valence-electron chi connectivity index (χ4n) is 2.55. The van der Waals surface area contributed by atoms with Crippen molar-refractivity contribution in [2.45, 2.75) is 0 Å². The van der Waals surface area contributed by atoms with Crippen LogP contribution in [-0.2, 0) is 0 Å². The number of amides is 1. The maximum absolute atomic E-state index is 12.8. The highest BCUT2D eigenvalue weighted by Gasteiger charge is 2.15. The summed E-state index contributed by atoms with van der Waals surface area (Å²) in [6.07, 6.45) is 4.57. The fourth-order valence-corrected chi connectivity index (χ4v) is 2.55. The first-order valence-electron chi connectivity index (χ1n) is 8.28. The normalized spacial score (nSPS) is 10.4. The summed E-state index contributed by atoms with van der Waals surface area (Å²) in [5.74, 6) is 1.16. The molecule has 2 heterocycles. The Morgan fingerprint density at radius 3 is 2.70 bits per heavy atom. The summed E-state index contributed by atoms with van der Waals surface area (Å²) in [5.41, 5.74) is 1.78. The Balaban J connectivity index is 1.56. The molecule has 6 nitrogen and oxygen atoms in total. The van der Waals surface area contributed by atoms with E-state index in [1.807, 2.05) is 36.4 Å². The third-order valence-corrected chi connectivity index (χ3v) is 3.81. The number of para-hydroxylation sites is 1. The maximum Gasteiger partial charge on any atom is 0.261 e. The van der Waals surface area contributed by atoms with Gasteiger partial charge in [-0.25, -0.2) is 9.97 Å². The number of hydrogen-bond donors (Lipinski definition) is 1. The molecule has 1 N–H and O–H groups in total. The number of rotatable bonds is 5. The molecule has 4 aromatic rings. The van der Waals surface area contributed by atoms with Crippen LogP contribution in [0.2, 0.25) is 0 Å². The topological polar surface area (TPSA) is 77.3 Å². The van der Waals surface area contributed by atoms with Crippen molar-refractivity contribution in [1.29, 1.82) is 0 Å². The van der Waals surface area contributed by atoms with E-state index in [9.17, 15) is 4.79 Å². The Bertz CT molecular complexity index is 1050. The molecule has 0 saturated heterocycles. The van der Waals surface area contributed by atoms with Crippen LogP contribution in [0, 0.1) is 0 Å². The van der Waals surface area contributed by atoms with Crippen molar-refractivity contribution >= 4 is 11.6 Å². The van der Waals surface area contributed by atoms with Crippen LogP contribution in [0.3, 0.4) is 0 Å². The number of nitrogens with zero attached hydrogens (tertiary/aromatic N) is 2. The molecule has 0 fully saturated rings. The first-order chi connectivity index (χ1) is 13.3. The van der Waals surface area contributed by atoms with Crippen molar-refractivity contribution in [3.63, 3.8) is 0 Å². The minimum absolute atomic E-state index is 0.243. The van der Waals surface area contributed by atoms with Gasteiger partial charge in [0.15, 0.2) is 12.2 Å². The van der Waals surface area contributed by atoms with E-state index in [0.717, 1.165) is 5.56 Å². The SMILES string of the molecule is O=C(Nc1cccc(-c2cnco2)c1)c1cccnc1Oc1ccccc1. The lowest BCUT2D eigenvalue weighted by Crippen LogP contribution is -2.13.